The normalized spacial score (nSPS) is 22.4. The average molecular weight is 466 g/mol. The zero-order valence-corrected chi connectivity index (χ0v) is 17.8. The smallest absolute Gasteiger partial charge is 0.330 e. The highest BCUT2D eigenvalue weighted by atomic mass is 79.9. The van der Waals surface area contributed by atoms with E-state index in [9.17, 15) is 19.5 Å². The fourth-order valence-corrected chi connectivity index (χ4v) is 4.01. The van der Waals surface area contributed by atoms with Crippen molar-refractivity contribution < 1.29 is 14.6 Å². The molecule has 2 aromatic rings. The highest BCUT2D eigenvalue weighted by molar-refractivity contribution is 9.10. The van der Waals surface area contributed by atoms with Gasteiger partial charge in [-0.1, -0.05) is 41.1 Å². The maximum Gasteiger partial charge on any atom is 0.330 e. The molecule has 0 radical (unpaired) electrons. The summed E-state index contributed by atoms with van der Waals surface area (Å²) >= 11 is 3.45. The Morgan fingerprint density at radius 1 is 1.41 bits per heavy atom. The van der Waals surface area contributed by atoms with Crippen LogP contribution >= 0.6 is 15.9 Å². The van der Waals surface area contributed by atoms with Crippen molar-refractivity contribution in [2.45, 2.75) is 51.0 Å². The lowest BCUT2D eigenvalue weighted by Crippen LogP contribution is -2.39. The molecule has 1 unspecified atom stereocenters. The molecule has 1 aliphatic heterocycles. The Morgan fingerprint density at radius 2 is 2.14 bits per heavy atom. The molecule has 0 aliphatic carbocycles. The molecular weight excluding hydrogens is 442 g/mol. The summed E-state index contributed by atoms with van der Waals surface area (Å²) in [7, 11) is 0. The Hall–Kier alpha value is -2.23. The third-order valence-electron chi connectivity index (χ3n) is 5.18. The van der Waals surface area contributed by atoms with Crippen LogP contribution in [0.3, 0.4) is 0 Å². The van der Waals surface area contributed by atoms with Crippen LogP contribution in [0.15, 0.2) is 44.5 Å². The molecule has 0 saturated carbocycles. The van der Waals surface area contributed by atoms with E-state index in [1.807, 2.05) is 31.2 Å². The molecule has 1 amide bonds. The second-order valence-electron chi connectivity index (χ2n) is 7.10. The molecular formula is C20H24BrN3O5. The molecule has 29 heavy (non-hydrogen) atoms. The van der Waals surface area contributed by atoms with Gasteiger partial charge in [-0.3, -0.25) is 19.1 Å². The van der Waals surface area contributed by atoms with E-state index in [2.05, 4.69) is 26.2 Å². The minimum absolute atomic E-state index is 0.115. The van der Waals surface area contributed by atoms with Crippen LogP contribution in [0.2, 0.25) is 0 Å². The number of ether oxygens (including phenoxy) is 1. The van der Waals surface area contributed by atoms with Gasteiger partial charge >= 0.3 is 5.69 Å². The van der Waals surface area contributed by atoms with E-state index >= 15 is 0 Å². The number of benzene rings is 1. The van der Waals surface area contributed by atoms with Crippen molar-refractivity contribution >= 4 is 21.8 Å². The molecule has 8 nitrogen and oxygen atoms in total. The van der Waals surface area contributed by atoms with Gasteiger partial charge in [0.1, 0.15) is 12.3 Å². The molecule has 3 N–H and O–H groups in total. The summed E-state index contributed by atoms with van der Waals surface area (Å²) in [5.41, 5.74) is 0.318. The number of hydrogen-bond acceptors (Lipinski definition) is 5. The third kappa shape index (κ3) is 4.68. The molecule has 0 spiro atoms. The van der Waals surface area contributed by atoms with Gasteiger partial charge in [0.05, 0.1) is 12.0 Å². The summed E-state index contributed by atoms with van der Waals surface area (Å²) < 4.78 is 7.94. The van der Waals surface area contributed by atoms with E-state index < -0.39 is 29.7 Å². The largest absolute Gasteiger partial charge is 0.390 e. The van der Waals surface area contributed by atoms with Crippen molar-refractivity contribution in [3.05, 3.63) is 66.9 Å². The first-order valence-corrected chi connectivity index (χ1v) is 10.3. The number of H-pyrrole nitrogens is 1. The van der Waals surface area contributed by atoms with Gasteiger partial charge in [0, 0.05) is 29.2 Å². The molecule has 1 aliphatic rings. The number of halogens is 1. The van der Waals surface area contributed by atoms with Crippen molar-refractivity contribution in [1.82, 2.24) is 14.9 Å². The number of amides is 1. The Bertz CT molecular complexity index is 1000. The fraction of sp³-hybridized carbons (Fsp3) is 0.450. The Morgan fingerprint density at radius 3 is 2.83 bits per heavy atom. The molecule has 9 heteroatoms. The summed E-state index contributed by atoms with van der Waals surface area (Å²) in [6, 6.07) is 7.49. The number of hydrogen-bond donors (Lipinski definition) is 3. The van der Waals surface area contributed by atoms with E-state index in [-0.39, 0.29) is 24.8 Å². The van der Waals surface area contributed by atoms with E-state index in [0.29, 0.717) is 12.0 Å². The molecule has 4 atom stereocenters. The van der Waals surface area contributed by atoms with Gasteiger partial charge in [-0.2, -0.15) is 0 Å². The number of aromatic nitrogens is 2. The summed E-state index contributed by atoms with van der Waals surface area (Å²) in [6.07, 6.45) is -0.0779. The zero-order chi connectivity index (χ0) is 21.1. The van der Waals surface area contributed by atoms with Crippen LogP contribution in [0.4, 0.5) is 0 Å². The van der Waals surface area contributed by atoms with Crippen LogP contribution in [0.1, 0.15) is 43.5 Å². The summed E-state index contributed by atoms with van der Waals surface area (Å²) in [4.78, 5) is 38.7. The van der Waals surface area contributed by atoms with Crippen LogP contribution < -0.4 is 16.6 Å². The standard InChI is InChI=1S/C20H24BrN3O5/c1-3-12-10-24(20(28)23-19(12)27)17-8-15(25)16(29-17)9-22-18(26)11(2)13-6-4-5-7-14(13)21/h4-7,10-11,15-17,25H,3,8-9H2,1-2H3,(H,22,26)(H,23,27,28)/t11-,15?,16-,17-/m0/s1. The summed E-state index contributed by atoms with van der Waals surface area (Å²) in [6.45, 7) is 3.73. The number of aliphatic hydroxyl groups excluding tert-OH is 1. The summed E-state index contributed by atoms with van der Waals surface area (Å²) in [5.74, 6) is -0.570. The number of aliphatic hydroxyl groups is 1. The first-order valence-electron chi connectivity index (χ1n) is 9.51. The fourth-order valence-electron chi connectivity index (χ4n) is 3.38. The number of carbonyl (C=O) groups is 1. The Balaban J connectivity index is 1.65. The van der Waals surface area contributed by atoms with Crippen LogP contribution in [-0.4, -0.2) is 39.3 Å². The number of aromatic amines is 1. The predicted molar refractivity (Wildman–Crippen MR) is 111 cm³/mol. The first-order chi connectivity index (χ1) is 13.8. The second kappa shape index (κ2) is 9.06. The van der Waals surface area contributed by atoms with E-state index in [0.717, 1.165) is 10.0 Å². The Labute approximate surface area is 176 Å². The van der Waals surface area contributed by atoms with Gasteiger partial charge in [0.15, 0.2) is 0 Å². The van der Waals surface area contributed by atoms with Gasteiger partial charge in [-0.05, 0) is 25.0 Å². The molecule has 0 bridgehead atoms. The maximum atomic E-state index is 12.5. The highest BCUT2D eigenvalue weighted by Crippen LogP contribution is 2.28. The minimum atomic E-state index is -0.844. The molecule has 1 aromatic heterocycles. The number of aryl methyl sites for hydroxylation is 1. The van der Waals surface area contributed by atoms with Gasteiger partial charge in [-0.25, -0.2) is 4.79 Å². The monoisotopic (exact) mass is 465 g/mol. The van der Waals surface area contributed by atoms with Crippen LogP contribution in [0.25, 0.3) is 0 Å². The van der Waals surface area contributed by atoms with Crippen molar-refractivity contribution in [1.29, 1.82) is 0 Å². The molecule has 1 fully saturated rings. The van der Waals surface area contributed by atoms with Gasteiger partial charge in [-0.15, -0.1) is 0 Å². The molecule has 3 rings (SSSR count). The van der Waals surface area contributed by atoms with Crippen LogP contribution in [-0.2, 0) is 16.0 Å². The molecule has 2 heterocycles. The van der Waals surface area contributed by atoms with Crippen LogP contribution in [0, 0.1) is 0 Å². The zero-order valence-electron chi connectivity index (χ0n) is 16.2. The van der Waals surface area contributed by atoms with E-state index in [1.165, 1.54) is 10.8 Å². The average Bonchev–Trinajstić information content (AvgIpc) is 3.06. The summed E-state index contributed by atoms with van der Waals surface area (Å²) in [5, 5.41) is 13.1. The lowest BCUT2D eigenvalue weighted by atomic mass is 10.0. The first kappa shape index (κ1) is 21.5. The van der Waals surface area contributed by atoms with Crippen LogP contribution in [0.5, 0.6) is 0 Å². The minimum Gasteiger partial charge on any atom is -0.390 e. The number of carbonyl (C=O) groups excluding carboxylic acids is 1. The predicted octanol–water partition coefficient (Wildman–Crippen LogP) is 1.43. The lowest BCUT2D eigenvalue weighted by molar-refractivity contribution is -0.123. The maximum absolute atomic E-state index is 12.5. The molecule has 1 saturated heterocycles. The van der Waals surface area contributed by atoms with E-state index in [4.69, 9.17) is 4.74 Å². The quantitative estimate of drug-likeness (QED) is 0.596. The third-order valence-corrected chi connectivity index (χ3v) is 5.90. The number of rotatable bonds is 6. The number of nitrogens with zero attached hydrogens (tertiary/aromatic N) is 1. The van der Waals surface area contributed by atoms with Crippen molar-refractivity contribution in [2.24, 2.45) is 0 Å². The topological polar surface area (TPSA) is 113 Å². The number of nitrogens with one attached hydrogen (secondary N) is 2. The lowest BCUT2D eigenvalue weighted by Gasteiger charge is -2.19. The molecule has 156 valence electrons. The second-order valence-corrected chi connectivity index (χ2v) is 7.95. The highest BCUT2D eigenvalue weighted by Gasteiger charge is 2.36. The van der Waals surface area contributed by atoms with Gasteiger partial charge in [0.25, 0.3) is 5.56 Å². The SMILES string of the molecule is CCc1cn([C@@H]2CC(O)[C@H](CNC(=O)[C@@H](C)c3ccccc3Br)O2)c(=O)[nH]c1=O. The van der Waals surface area contributed by atoms with E-state index in [1.54, 1.807) is 6.92 Å². The molecule has 1 aromatic carbocycles. The van der Waals surface area contributed by atoms with Crippen molar-refractivity contribution in [2.75, 3.05) is 6.54 Å². The van der Waals surface area contributed by atoms with Gasteiger partial charge in [0.2, 0.25) is 5.91 Å². The van der Waals surface area contributed by atoms with Crippen molar-refractivity contribution in [3.63, 3.8) is 0 Å². The Kier molecular flexibility index (Phi) is 6.71. The van der Waals surface area contributed by atoms with Crippen molar-refractivity contribution in [3.8, 4) is 0 Å². The van der Waals surface area contributed by atoms with Gasteiger partial charge < -0.3 is 15.2 Å².